The smallest absolute Gasteiger partial charge is 0.302 e. The number of fused-ring (bicyclic) bond motifs is 1. The molecule has 0 bridgehead atoms. The van der Waals surface area contributed by atoms with E-state index in [9.17, 15) is 9.59 Å². The molecule has 3 heteroatoms. The molecule has 23 heavy (non-hydrogen) atoms. The highest BCUT2D eigenvalue weighted by molar-refractivity contribution is 5.83. The van der Waals surface area contributed by atoms with E-state index in [0.29, 0.717) is 29.5 Å². The molecule has 0 amide bonds. The lowest BCUT2D eigenvalue weighted by atomic mass is 9.62. The second kappa shape index (κ2) is 7.36. The molecule has 0 aliphatic heterocycles. The molecule has 0 heterocycles. The third-order valence-corrected chi connectivity index (χ3v) is 6.59. The van der Waals surface area contributed by atoms with E-state index in [4.69, 9.17) is 4.74 Å². The van der Waals surface area contributed by atoms with Crippen LogP contribution in [0.2, 0.25) is 0 Å². The van der Waals surface area contributed by atoms with Crippen LogP contribution < -0.4 is 0 Å². The maximum atomic E-state index is 12.3. The Kier molecular flexibility index (Phi) is 5.91. The van der Waals surface area contributed by atoms with Gasteiger partial charge in [0, 0.05) is 19.3 Å². The Morgan fingerprint density at radius 2 is 1.96 bits per heavy atom. The van der Waals surface area contributed by atoms with E-state index in [1.807, 2.05) is 0 Å². The van der Waals surface area contributed by atoms with Gasteiger partial charge in [-0.15, -0.1) is 0 Å². The Morgan fingerprint density at radius 3 is 2.57 bits per heavy atom. The molecule has 2 rings (SSSR count). The summed E-state index contributed by atoms with van der Waals surface area (Å²) >= 11 is 0. The molecule has 0 aromatic heterocycles. The third-order valence-electron chi connectivity index (χ3n) is 6.59. The highest BCUT2D eigenvalue weighted by Gasteiger charge is 2.52. The van der Waals surface area contributed by atoms with Crippen LogP contribution in [-0.2, 0) is 14.3 Å². The van der Waals surface area contributed by atoms with Crippen molar-refractivity contribution in [2.45, 2.75) is 85.7 Å². The first-order valence-corrected chi connectivity index (χ1v) is 9.45. The Balaban J connectivity index is 1.96. The number of esters is 1. The lowest BCUT2D eigenvalue weighted by Crippen LogP contribution is -2.39. The van der Waals surface area contributed by atoms with Crippen LogP contribution in [0.25, 0.3) is 0 Å². The van der Waals surface area contributed by atoms with Crippen LogP contribution in [0.3, 0.4) is 0 Å². The fourth-order valence-corrected chi connectivity index (χ4v) is 5.27. The van der Waals surface area contributed by atoms with Crippen LogP contribution in [-0.4, -0.2) is 17.9 Å². The average molecular weight is 322 g/mol. The molecule has 2 saturated carbocycles. The molecule has 2 aliphatic rings. The number of ether oxygens (including phenoxy) is 1. The summed E-state index contributed by atoms with van der Waals surface area (Å²) in [7, 11) is 0. The van der Waals surface area contributed by atoms with Crippen molar-refractivity contribution in [3.63, 3.8) is 0 Å². The minimum absolute atomic E-state index is 0.0212. The number of ketones is 1. The van der Waals surface area contributed by atoms with Crippen molar-refractivity contribution in [3.8, 4) is 0 Å². The van der Waals surface area contributed by atoms with E-state index >= 15 is 0 Å². The number of hydrogen-bond donors (Lipinski definition) is 0. The van der Waals surface area contributed by atoms with Crippen molar-refractivity contribution >= 4 is 11.8 Å². The van der Waals surface area contributed by atoms with Crippen molar-refractivity contribution in [1.82, 2.24) is 0 Å². The molecule has 0 N–H and O–H groups in total. The summed E-state index contributed by atoms with van der Waals surface area (Å²) in [5.74, 6) is 2.22. The van der Waals surface area contributed by atoms with Crippen LogP contribution in [0, 0.1) is 29.1 Å². The van der Waals surface area contributed by atoms with Crippen molar-refractivity contribution in [3.05, 3.63) is 0 Å². The van der Waals surface area contributed by atoms with Gasteiger partial charge in [-0.3, -0.25) is 9.59 Å². The van der Waals surface area contributed by atoms with Crippen molar-refractivity contribution in [1.29, 1.82) is 0 Å². The summed E-state index contributed by atoms with van der Waals surface area (Å²) in [4.78, 5) is 23.5. The summed E-state index contributed by atoms with van der Waals surface area (Å²) in [5.41, 5.74) is 0.212. The Hall–Kier alpha value is -0.860. The van der Waals surface area contributed by atoms with Crippen molar-refractivity contribution < 1.29 is 14.3 Å². The van der Waals surface area contributed by atoms with Gasteiger partial charge in [0.05, 0.1) is 0 Å². The molecule has 0 saturated heterocycles. The first-order valence-electron chi connectivity index (χ1n) is 9.45. The molecule has 5 atom stereocenters. The number of carbonyl (C=O) groups excluding carboxylic acids is 2. The molecular formula is C20H34O3. The van der Waals surface area contributed by atoms with Gasteiger partial charge >= 0.3 is 5.97 Å². The van der Waals surface area contributed by atoms with Crippen LogP contribution >= 0.6 is 0 Å². The largest absolute Gasteiger partial charge is 0.462 e. The highest BCUT2D eigenvalue weighted by Crippen LogP contribution is 2.57. The summed E-state index contributed by atoms with van der Waals surface area (Å²) in [6.45, 7) is 10.4. The van der Waals surface area contributed by atoms with Crippen molar-refractivity contribution in [2.24, 2.45) is 29.1 Å². The molecule has 0 aromatic carbocycles. The molecule has 0 aromatic rings. The molecule has 2 fully saturated rings. The molecule has 132 valence electrons. The van der Waals surface area contributed by atoms with Gasteiger partial charge in [0.1, 0.15) is 11.9 Å². The average Bonchev–Trinajstić information content (AvgIpc) is 2.81. The predicted molar refractivity (Wildman–Crippen MR) is 92.0 cm³/mol. The van der Waals surface area contributed by atoms with Crippen LogP contribution in [0.1, 0.15) is 79.6 Å². The van der Waals surface area contributed by atoms with E-state index < -0.39 is 0 Å². The molecular weight excluding hydrogens is 288 g/mol. The Morgan fingerprint density at radius 1 is 1.26 bits per heavy atom. The zero-order chi connectivity index (χ0) is 17.2. The summed E-state index contributed by atoms with van der Waals surface area (Å²) in [6, 6.07) is 0. The van der Waals surface area contributed by atoms with Crippen LogP contribution in [0.5, 0.6) is 0 Å². The monoisotopic (exact) mass is 322 g/mol. The summed E-state index contributed by atoms with van der Waals surface area (Å²) in [5, 5.41) is 0. The quantitative estimate of drug-likeness (QED) is 0.661. The van der Waals surface area contributed by atoms with Crippen LogP contribution in [0.15, 0.2) is 0 Å². The lowest BCUT2D eigenvalue weighted by molar-refractivity contribution is -0.149. The third kappa shape index (κ3) is 3.97. The second-order valence-corrected chi connectivity index (χ2v) is 8.51. The zero-order valence-electron chi connectivity index (χ0n) is 15.6. The van der Waals surface area contributed by atoms with Crippen molar-refractivity contribution in [2.75, 3.05) is 0 Å². The lowest BCUT2D eigenvalue weighted by Gasteiger charge is -2.42. The first-order chi connectivity index (χ1) is 10.8. The number of hydrogen-bond acceptors (Lipinski definition) is 3. The van der Waals surface area contributed by atoms with E-state index in [2.05, 4.69) is 27.7 Å². The highest BCUT2D eigenvalue weighted by atomic mass is 16.5. The summed E-state index contributed by atoms with van der Waals surface area (Å²) < 4.78 is 5.48. The van der Waals surface area contributed by atoms with Gasteiger partial charge in [-0.05, 0) is 61.7 Å². The number of rotatable bonds is 6. The van der Waals surface area contributed by atoms with Gasteiger partial charge in [-0.25, -0.2) is 0 Å². The Bertz CT molecular complexity index is 442. The fourth-order valence-electron chi connectivity index (χ4n) is 5.27. The van der Waals surface area contributed by atoms with E-state index in [1.54, 1.807) is 0 Å². The molecule has 0 spiro atoms. The molecule has 3 nitrogen and oxygen atoms in total. The number of Topliss-reactive ketones (excluding diaryl/α,β-unsaturated/α-hetero) is 1. The normalized spacial score (nSPS) is 33.4. The van der Waals surface area contributed by atoms with E-state index in [1.165, 1.54) is 19.8 Å². The fraction of sp³-hybridized carbons (Fsp3) is 0.900. The van der Waals surface area contributed by atoms with E-state index in [0.717, 1.165) is 32.1 Å². The second-order valence-electron chi connectivity index (χ2n) is 8.51. The minimum Gasteiger partial charge on any atom is -0.462 e. The summed E-state index contributed by atoms with van der Waals surface area (Å²) in [6.07, 6.45) is 7.38. The van der Waals surface area contributed by atoms with Gasteiger partial charge in [0.15, 0.2) is 0 Å². The van der Waals surface area contributed by atoms with Gasteiger partial charge < -0.3 is 4.74 Å². The van der Waals surface area contributed by atoms with Gasteiger partial charge in [-0.2, -0.15) is 0 Å². The SMILES string of the molecule is CC(=O)O[C@H](CC[C@@H](C)[C@H]1CC[C@H]2C(=O)CCC[C@]12C)C(C)C. The predicted octanol–water partition coefficient (Wildman–Crippen LogP) is 4.78. The van der Waals surface area contributed by atoms with Crippen LogP contribution in [0.4, 0.5) is 0 Å². The maximum absolute atomic E-state index is 12.3. The first kappa shape index (κ1) is 18.5. The van der Waals surface area contributed by atoms with Gasteiger partial charge in [0.2, 0.25) is 0 Å². The maximum Gasteiger partial charge on any atom is 0.302 e. The Labute approximate surface area is 141 Å². The van der Waals surface area contributed by atoms with Gasteiger partial charge in [-0.1, -0.05) is 27.7 Å². The minimum atomic E-state index is -0.179. The molecule has 0 unspecified atom stereocenters. The zero-order valence-corrected chi connectivity index (χ0v) is 15.6. The topological polar surface area (TPSA) is 43.4 Å². The van der Waals surface area contributed by atoms with E-state index in [-0.39, 0.29) is 17.5 Å². The standard InChI is InChI=1S/C20H34O3/c1-13(2)19(23-15(4)21)11-8-14(3)16-9-10-17-18(22)7-6-12-20(16,17)5/h13-14,16-17,19H,6-12H2,1-5H3/t14-,16-,17+,19-,20-/m1/s1. The molecule has 0 radical (unpaired) electrons. The number of carbonyl (C=O) groups is 2. The van der Waals surface area contributed by atoms with Gasteiger partial charge in [0.25, 0.3) is 0 Å². The molecule has 2 aliphatic carbocycles.